The van der Waals surface area contributed by atoms with E-state index in [2.05, 4.69) is 10.1 Å². The van der Waals surface area contributed by atoms with Crippen molar-refractivity contribution >= 4 is 17.4 Å². The first kappa shape index (κ1) is 13.5. The van der Waals surface area contributed by atoms with E-state index < -0.39 is 11.7 Å². The molecule has 1 aliphatic heterocycles. The van der Waals surface area contributed by atoms with Gasteiger partial charge in [0.25, 0.3) is 11.7 Å². The molecule has 1 amide bonds. The number of hydrogen-bond acceptors (Lipinski definition) is 5. The highest BCUT2D eigenvalue weighted by Crippen LogP contribution is 2.30. The number of carbonyl (C=O) groups is 2. The molecule has 0 radical (unpaired) electrons. The van der Waals surface area contributed by atoms with Crippen LogP contribution in [0, 0.1) is 6.92 Å². The highest BCUT2D eigenvalue weighted by molar-refractivity contribution is 6.52. The van der Waals surface area contributed by atoms with E-state index in [0.29, 0.717) is 23.0 Å². The maximum atomic E-state index is 12.1. The van der Waals surface area contributed by atoms with Crippen LogP contribution < -0.4 is 4.90 Å². The molecule has 108 valence electrons. The Morgan fingerprint density at radius 3 is 2.71 bits per heavy atom. The highest BCUT2D eigenvalue weighted by Gasteiger charge is 2.36. The fraction of sp³-hybridized carbons (Fsp3) is 0.333. The second-order valence-corrected chi connectivity index (χ2v) is 5.44. The zero-order chi connectivity index (χ0) is 15.1. The Hall–Kier alpha value is -2.50. The molecule has 6 nitrogen and oxygen atoms in total. The monoisotopic (exact) mass is 285 g/mol. The Labute approximate surface area is 121 Å². The first-order valence-electron chi connectivity index (χ1n) is 6.76. The van der Waals surface area contributed by atoms with E-state index in [-0.39, 0.29) is 12.5 Å². The van der Waals surface area contributed by atoms with Gasteiger partial charge < -0.3 is 4.52 Å². The van der Waals surface area contributed by atoms with E-state index in [1.165, 1.54) is 4.90 Å². The van der Waals surface area contributed by atoms with E-state index in [4.69, 9.17) is 4.52 Å². The van der Waals surface area contributed by atoms with E-state index in [9.17, 15) is 9.59 Å². The predicted octanol–water partition coefficient (Wildman–Crippen LogP) is 2.23. The number of amides is 1. The summed E-state index contributed by atoms with van der Waals surface area (Å²) in [6.45, 7) is 5.91. The summed E-state index contributed by atoms with van der Waals surface area (Å²) in [6.07, 6.45) is 0. The molecule has 0 saturated carbocycles. The zero-order valence-corrected chi connectivity index (χ0v) is 12.1. The van der Waals surface area contributed by atoms with Crippen molar-refractivity contribution in [2.45, 2.75) is 33.2 Å². The van der Waals surface area contributed by atoms with Crippen molar-refractivity contribution in [3.8, 4) is 0 Å². The molecule has 2 aromatic rings. The van der Waals surface area contributed by atoms with Crippen LogP contribution in [0.1, 0.15) is 47.4 Å². The lowest BCUT2D eigenvalue weighted by atomic mass is 10.1. The highest BCUT2D eigenvalue weighted by atomic mass is 16.5. The van der Waals surface area contributed by atoms with Gasteiger partial charge in [-0.25, -0.2) is 0 Å². The normalized spacial score (nSPS) is 14.2. The van der Waals surface area contributed by atoms with Crippen LogP contribution >= 0.6 is 0 Å². The van der Waals surface area contributed by atoms with Crippen LogP contribution in [0.15, 0.2) is 22.7 Å². The molecular formula is C15H15N3O3. The van der Waals surface area contributed by atoms with Gasteiger partial charge >= 0.3 is 0 Å². The number of Topliss-reactive ketones (excluding diaryl/α,β-unsaturated/α-hetero) is 1. The third-order valence-corrected chi connectivity index (χ3v) is 3.42. The maximum Gasteiger partial charge on any atom is 0.299 e. The van der Waals surface area contributed by atoms with Gasteiger partial charge in [0.1, 0.15) is 6.54 Å². The lowest BCUT2D eigenvalue weighted by molar-refractivity contribution is -0.114. The molecule has 0 bridgehead atoms. The molecule has 21 heavy (non-hydrogen) atoms. The number of carbonyl (C=O) groups excluding carboxylic acids is 2. The van der Waals surface area contributed by atoms with Gasteiger partial charge in [0.2, 0.25) is 5.89 Å². The average molecular weight is 285 g/mol. The van der Waals surface area contributed by atoms with E-state index in [1.54, 1.807) is 12.1 Å². The molecule has 3 rings (SSSR count). The maximum absolute atomic E-state index is 12.1. The number of aromatic nitrogens is 2. The zero-order valence-electron chi connectivity index (χ0n) is 12.1. The van der Waals surface area contributed by atoms with Crippen molar-refractivity contribution in [3.05, 3.63) is 41.0 Å². The quantitative estimate of drug-likeness (QED) is 0.808. The van der Waals surface area contributed by atoms with Crippen LogP contribution in [0.2, 0.25) is 0 Å². The van der Waals surface area contributed by atoms with Gasteiger partial charge in [-0.05, 0) is 19.1 Å². The first-order chi connectivity index (χ1) is 9.97. The second kappa shape index (κ2) is 4.80. The summed E-state index contributed by atoms with van der Waals surface area (Å²) in [6, 6.07) is 5.36. The Morgan fingerprint density at radius 2 is 2.05 bits per heavy atom. The van der Waals surface area contributed by atoms with E-state index >= 15 is 0 Å². The molecule has 2 heterocycles. The summed E-state index contributed by atoms with van der Waals surface area (Å²) in [5.74, 6) is 0.0194. The Kier molecular flexibility index (Phi) is 3.08. The van der Waals surface area contributed by atoms with Gasteiger partial charge in [-0.2, -0.15) is 4.98 Å². The van der Waals surface area contributed by atoms with E-state index in [1.807, 2.05) is 26.8 Å². The molecule has 0 atom stereocenters. The van der Waals surface area contributed by atoms with Crippen molar-refractivity contribution in [1.82, 2.24) is 10.1 Å². The number of rotatable bonds is 3. The molecule has 0 fully saturated rings. The molecule has 1 aromatic carbocycles. The fourth-order valence-corrected chi connectivity index (χ4v) is 2.27. The molecule has 0 aliphatic carbocycles. The van der Waals surface area contributed by atoms with Gasteiger partial charge in [0, 0.05) is 5.92 Å². The molecule has 0 N–H and O–H groups in total. The third kappa shape index (κ3) is 2.22. The van der Waals surface area contributed by atoms with Crippen LogP contribution in [-0.4, -0.2) is 21.8 Å². The van der Waals surface area contributed by atoms with Crippen LogP contribution in [0.3, 0.4) is 0 Å². The SMILES string of the molecule is Cc1ccc2c(c1)C(=O)C(=O)N2Cc1nc(C(C)C)no1. The van der Waals surface area contributed by atoms with Crippen molar-refractivity contribution in [2.75, 3.05) is 4.90 Å². The summed E-state index contributed by atoms with van der Waals surface area (Å²) in [5.41, 5.74) is 1.97. The van der Waals surface area contributed by atoms with Gasteiger partial charge in [0.05, 0.1) is 11.3 Å². The van der Waals surface area contributed by atoms with E-state index in [0.717, 1.165) is 5.56 Å². The van der Waals surface area contributed by atoms with Crippen LogP contribution in [0.4, 0.5) is 5.69 Å². The minimum absolute atomic E-state index is 0.111. The number of ketones is 1. The summed E-state index contributed by atoms with van der Waals surface area (Å²) < 4.78 is 5.14. The van der Waals surface area contributed by atoms with Gasteiger partial charge in [-0.15, -0.1) is 0 Å². The number of aryl methyl sites for hydroxylation is 1. The molecule has 1 aliphatic rings. The third-order valence-electron chi connectivity index (χ3n) is 3.42. The lowest BCUT2D eigenvalue weighted by Crippen LogP contribution is -2.29. The van der Waals surface area contributed by atoms with Crippen LogP contribution in [-0.2, 0) is 11.3 Å². The minimum Gasteiger partial charge on any atom is -0.337 e. The Balaban J connectivity index is 1.92. The Bertz CT molecular complexity index is 734. The summed E-state index contributed by atoms with van der Waals surface area (Å²) >= 11 is 0. The van der Waals surface area contributed by atoms with Gasteiger partial charge in [-0.3, -0.25) is 14.5 Å². The number of fused-ring (bicyclic) bond motifs is 1. The summed E-state index contributed by atoms with van der Waals surface area (Å²) in [5, 5.41) is 3.86. The van der Waals surface area contributed by atoms with Crippen LogP contribution in [0.5, 0.6) is 0 Å². The Morgan fingerprint density at radius 1 is 1.29 bits per heavy atom. The van der Waals surface area contributed by atoms with Crippen molar-refractivity contribution in [3.63, 3.8) is 0 Å². The second-order valence-electron chi connectivity index (χ2n) is 5.44. The average Bonchev–Trinajstić information content (AvgIpc) is 2.99. The minimum atomic E-state index is -0.556. The molecule has 6 heteroatoms. The molecule has 1 aromatic heterocycles. The molecular weight excluding hydrogens is 270 g/mol. The summed E-state index contributed by atoms with van der Waals surface area (Å²) in [7, 11) is 0. The number of hydrogen-bond donors (Lipinski definition) is 0. The topological polar surface area (TPSA) is 76.3 Å². The van der Waals surface area contributed by atoms with Crippen molar-refractivity contribution in [2.24, 2.45) is 0 Å². The number of anilines is 1. The molecule has 0 unspecified atom stereocenters. The van der Waals surface area contributed by atoms with Crippen molar-refractivity contribution in [1.29, 1.82) is 0 Å². The first-order valence-corrected chi connectivity index (χ1v) is 6.76. The lowest BCUT2D eigenvalue weighted by Gasteiger charge is -2.13. The number of nitrogens with zero attached hydrogens (tertiary/aromatic N) is 3. The smallest absolute Gasteiger partial charge is 0.299 e. The van der Waals surface area contributed by atoms with Gasteiger partial charge in [0.15, 0.2) is 5.82 Å². The van der Waals surface area contributed by atoms with Crippen LogP contribution in [0.25, 0.3) is 0 Å². The fourth-order valence-electron chi connectivity index (χ4n) is 2.27. The standard InChI is InChI=1S/C15H15N3O3/c1-8(2)14-16-12(21-17-14)7-18-11-5-4-9(3)6-10(11)13(19)15(18)20/h4-6,8H,7H2,1-3H3. The summed E-state index contributed by atoms with van der Waals surface area (Å²) in [4.78, 5) is 29.7. The number of benzene rings is 1. The van der Waals surface area contributed by atoms with Crippen molar-refractivity contribution < 1.29 is 14.1 Å². The predicted molar refractivity (Wildman–Crippen MR) is 75.1 cm³/mol. The largest absolute Gasteiger partial charge is 0.337 e. The molecule has 0 spiro atoms. The van der Waals surface area contributed by atoms with Gasteiger partial charge in [-0.1, -0.05) is 30.6 Å². The molecule has 0 saturated heterocycles.